The van der Waals surface area contributed by atoms with Crippen molar-refractivity contribution < 1.29 is 18.0 Å². The van der Waals surface area contributed by atoms with Gasteiger partial charge < -0.3 is 10.2 Å². The van der Waals surface area contributed by atoms with E-state index in [4.69, 9.17) is 11.6 Å². The number of halogens is 1. The van der Waals surface area contributed by atoms with E-state index in [1.807, 2.05) is 44.2 Å². The van der Waals surface area contributed by atoms with Crippen molar-refractivity contribution in [2.24, 2.45) is 0 Å². The van der Waals surface area contributed by atoms with Gasteiger partial charge in [-0.3, -0.25) is 13.9 Å². The molecule has 3 rings (SSSR count). The summed E-state index contributed by atoms with van der Waals surface area (Å²) in [5.41, 5.74) is 2.03. The number of hydrogen-bond acceptors (Lipinski definition) is 4. The molecular formula is C28H32ClN3O4S. The Morgan fingerprint density at radius 3 is 2.16 bits per heavy atom. The number of nitrogens with zero attached hydrogens (tertiary/aromatic N) is 2. The Bertz CT molecular complexity index is 1300. The summed E-state index contributed by atoms with van der Waals surface area (Å²) in [4.78, 5) is 28.1. The van der Waals surface area contributed by atoms with Crippen LogP contribution in [0.1, 0.15) is 31.4 Å². The van der Waals surface area contributed by atoms with Crippen molar-refractivity contribution in [3.05, 3.63) is 95.0 Å². The second-order valence-electron chi connectivity index (χ2n) is 8.78. The van der Waals surface area contributed by atoms with Gasteiger partial charge in [-0.1, -0.05) is 66.6 Å². The smallest absolute Gasteiger partial charge is 0.264 e. The van der Waals surface area contributed by atoms with Crippen LogP contribution in [0.25, 0.3) is 0 Å². The zero-order valence-electron chi connectivity index (χ0n) is 21.2. The van der Waals surface area contributed by atoms with Gasteiger partial charge in [0.05, 0.1) is 10.6 Å². The minimum Gasteiger partial charge on any atom is -0.354 e. The second kappa shape index (κ2) is 12.7. The predicted octanol–water partition coefficient (Wildman–Crippen LogP) is 4.79. The van der Waals surface area contributed by atoms with Gasteiger partial charge in [-0.05, 0) is 62.2 Å². The van der Waals surface area contributed by atoms with Crippen LogP contribution in [-0.2, 0) is 26.2 Å². The zero-order valence-corrected chi connectivity index (χ0v) is 22.8. The van der Waals surface area contributed by atoms with Crippen LogP contribution in [0, 0.1) is 6.92 Å². The fourth-order valence-corrected chi connectivity index (χ4v) is 5.27. The normalized spacial score (nSPS) is 12.0. The van der Waals surface area contributed by atoms with Gasteiger partial charge in [0.15, 0.2) is 0 Å². The maximum Gasteiger partial charge on any atom is 0.264 e. The highest BCUT2D eigenvalue weighted by atomic mass is 35.5. The summed E-state index contributed by atoms with van der Waals surface area (Å²) >= 11 is 6.04. The van der Waals surface area contributed by atoms with Crippen molar-refractivity contribution in [1.82, 2.24) is 10.2 Å². The number of anilines is 1. The van der Waals surface area contributed by atoms with Crippen LogP contribution in [0.5, 0.6) is 0 Å². The Hall–Kier alpha value is -3.36. The monoisotopic (exact) mass is 541 g/mol. The van der Waals surface area contributed by atoms with E-state index >= 15 is 0 Å². The van der Waals surface area contributed by atoms with Crippen LogP contribution >= 0.6 is 11.6 Å². The molecule has 1 atom stereocenters. The van der Waals surface area contributed by atoms with Gasteiger partial charge in [-0.15, -0.1) is 0 Å². The van der Waals surface area contributed by atoms with E-state index in [9.17, 15) is 18.0 Å². The Kier molecular flexibility index (Phi) is 9.72. The molecule has 0 saturated heterocycles. The first-order valence-electron chi connectivity index (χ1n) is 12.1. The fourth-order valence-electron chi connectivity index (χ4n) is 3.73. The number of hydrogen-bond donors (Lipinski definition) is 1. The van der Waals surface area contributed by atoms with E-state index < -0.39 is 28.5 Å². The molecule has 0 spiro atoms. The number of sulfonamides is 1. The van der Waals surface area contributed by atoms with Gasteiger partial charge in [-0.25, -0.2) is 8.42 Å². The maximum absolute atomic E-state index is 13.8. The number of rotatable bonds is 11. The summed E-state index contributed by atoms with van der Waals surface area (Å²) in [7, 11) is -4.10. The number of benzene rings is 3. The summed E-state index contributed by atoms with van der Waals surface area (Å²) in [5.74, 6) is -0.806. The van der Waals surface area contributed by atoms with Crippen molar-refractivity contribution in [3.8, 4) is 0 Å². The zero-order chi connectivity index (χ0) is 27.0. The van der Waals surface area contributed by atoms with Crippen LogP contribution < -0.4 is 9.62 Å². The molecule has 3 aromatic carbocycles. The Morgan fingerprint density at radius 2 is 1.57 bits per heavy atom. The van der Waals surface area contributed by atoms with Crippen LogP contribution in [-0.4, -0.2) is 44.3 Å². The van der Waals surface area contributed by atoms with Crippen LogP contribution in [0.2, 0.25) is 5.02 Å². The fraction of sp³-hybridized carbons (Fsp3) is 0.286. The number of aryl methyl sites for hydroxylation is 1. The molecule has 0 aliphatic rings. The lowest BCUT2D eigenvalue weighted by Crippen LogP contribution is -2.51. The van der Waals surface area contributed by atoms with Crippen molar-refractivity contribution in [3.63, 3.8) is 0 Å². The number of amides is 2. The predicted molar refractivity (Wildman–Crippen MR) is 147 cm³/mol. The van der Waals surface area contributed by atoms with E-state index in [0.717, 1.165) is 21.9 Å². The van der Waals surface area contributed by atoms with Crippen molar-refractivity contribution in [2.45, 2.75) is 44.7 Å². The molecule has 196 valence electrons. The van der Waals surface area contributed by atoms with Gasteiger partial charge in [0.2, 0.25) is 11.8 Å². The lowest BCUT2D eigenvalue weighted by atomic mass is 10.1. The molecule has 0 radical (unpaired) electrons. The van der Waals surface area contributed by atoms with Crippen molar-refractivity contribution in [1.29, 1.82) is 0 Å². The minimum atomic E-state index is -4.10. The molecule has 0 fully saturated rings. The molecule has 37 heavy (non-hydrogen) atoms. The molecule has 9 heteroatoms. The largest absolute Gasteiger partial charge is 0.354 e. The van der Waals surface area contributed by atoms with E-state index in [2.05, 4.69) is 5.32 Å². The van der Waals surface area contributed by atoms with Gasteiger partial charge in [0, 0.05) is 18.1 Å². The third kappa shape index (κ3) is 7.33. The molecule has 0 aliphatic carbocycles. The molecule has 7 nitrogen and oxygen atoms in total. The lowest BCUT2D eigenvalue weighted by Gasteiger charge is -2.32. The Morgan fingerprint density at radius 1 is 0.946 bits per heavy atom. The third-order valence-electron chi connectivity index (χ3n) is 5.91. The average Bonchev–Trinajstić information content (AvgIpc) is 2.89. The molecule has 0 bridgehead atoms. The molecule has 0 saturated carbocycles. The minimum absolute atomic E-state index is 0.0594. The molecule has 1 N–H and O–H groups in total. The van der Waals surface area contributed by atoms with E-state index in [0.29, 0.717) is 17.3 Å². The lowest BCUT2D eigenvalue weighted by molar-refractivity contribution is -0.139. The SMILES string of the molecule is CCCNC(=O)[C@H](C)N(Cc1ccccc1)C(=O)CN(c1ccc(Cl)cc1)S(=O)(=O)c1ccc(C)cc1. The topological polar surface area (TPSA) is 86.8 Å². The Balaban J connectivity index is 1.99. The van der Waals surface area contributed by atoms with Crippen LogP contribution in [0.4, 0.5) is 5.69 Å². The summed E-state index contributed by atoms with van der Waals surface area (Å²) in [6.45, 7) is 5.60. The van der Waals surface area contributed by atoms with Crippen molar-refractivity contribution >= 4 is 39.1 Å². The van der Waals surface area contributed by atoms with Gasteiger partial charge >= 0.3 is 0 Å². The maximum atomic E-state index is 13.8. The number of nitrogens with one attached hydrogen (secondary N) is 1. The van der Waals surface area contributed by atoms with Gasteiger partial charge in [0.25, 0.3) is 10.0 Å². The first-order valence-corrected chi connectivity index (χ1v) is 13.9. The highest BCUT2D eigenvalue weighted by Crippen LogP contribution is 2.26. The summed E-state index contributed by atoms with van der Waals surface area (Å²) in [6.07, 6.45) is 0.754. The van der Waals surface area contributed by atoms with Crippen LogP contribution in [0.15, 0.2) is 83.8 Å². The molecule has 0 aliphatic heterocycles. The van der Waals surface area contributed by atoms with E-state index in [1.165, 1.54) is 17.0 Å². The molecule has 0 aromatic heterocycles. The highest BCUT2D eigenvalue weighted by molar-refractivity contribution is 7.92. The number of carbonyl (C=O) groups is 2. The first-order chi connectivity index (χ1) is 17.6. The van der Waals surface area contributed by atoms with E-state index in [1.54, 1.807) is 43.3 Å². The van der Waals surface area contributed by atoms with Crippen LogP contribution in [0.3, 0.4) is 0 Å². The molecule has 2 amide bonds. The molecule has 0 unspecified atom stereocenters. The van der Waals surface area contributed by atoms with Gasteiger partial charge in [-0.2, -0.15) is 0 Å². The first kappa shape index (κ1) is 28.2. The summed E-state index contributed by atoms with van der Waals surface area (Å²) in [6, 6.07) is 21.2. The van der Waals surface area contributed by atoms with E-state index in [-0.39, 0.29) is 17.3 Å². The molecule has 0 heterocycles. The molecule has 3 aromatic rings. The number of carbonyl (C=O) groups excluding carboxylic acids is 2. The third-order valence-corrected chi connectivity index (χ3v) is 7.95. The molecular weight excluding hydrogens is 510 g/mol. The summed E-state index contributed by atoms with van der Waals surface area (Å²) in [5, 5.41) is 3.27. The quantitative estimate of drug-likeness (QED) is 0.378. The summed E-state index contributed by atoms with van der Waals surface area (Å²) < 4.78 is 28.5. The standard InChI is InChI=1S/C28H32ClN3O4S/c1-4-18-30-28(34)22(3)31(19-23-8-6-5-7-9-23)27(33)20-32(25-14-12-24(29)13-15-25)37(35,36)26-16-10-21(2)11-17-26/h5-17,22H,4,18-20H2,1-3H3,(H,30,34)/t22-/m0/s1. The van der Waals surface area contributed by atoms with Crippen molar-refractivity contribution in [2.75, 3.05) is 17.4 Å². The average molecular weight is 542 g/mol. The Labute approximate surface area is 224 Å². The van der Waals surface area contributed by atoms with Gasteiger partial charge in [0.1, 0.15) is 12.6 Å². The highest BCUT2D eigenvalue weighted by Gasteiger charge is 2.32. The second-order valence-corrected chi connectivity index (χ2v) is 11.1.